The molecule has 1 rings (SSSR count). The van der Waals surface area contributed by atoms with Gasteiger partial charge in [-0.2, -0.15) is 0 Å². The quantitative estimate of drug-likeness (QED) is 0.689. The molecule has 0 N–H and O–H groups in total. The summed E-state index contributed by atoms with van der Waals surface area (Å²) in [6, 6.07) is 11.7. The van der Waals surface area contributed by atoms with Crippen LogP contribution in [0.4, 0.5) is 0 Å². The Morgan fingerprint density at radius 1 is 1.12 bits per heavy atom. The number of rotatable bonds is 7. The second-order valence-corrected chi connectivity index (χ2v) is 9.75. The molecule has 1 aromatic carbocycles. The van der Waals surface area contributed by atoms with Crippen molar-refractivity contribution < 1.29 is 4.43 Å². The molecule has 3 heteroatoms. The summed E-state index contributed by atoms with van der Waals surface area (Å²) in [7, 11) is 2.77. The van der Waals surface area contributed by atoms with E-state index >= 15 is 0 Å². The molecule has 0 fully saturated rings. The first-order valence-corrected chi connectivity index (χ1v) is 9.44. The predicted octanol–water partition coefficient (Wildman–Crippen LogP) is 3.36. The van der Waals surface area contributed by atoms with E-state index in [2.05, 4.69) is 56.4 Å². The Hall–Kier alpha value is -0.643. The van der Waals surface area contributed by atoms with E-state index in [1.807, 2.05) is 6.07 Å². The van der Waals surface area contributed by atoms with Crippen molar-refractivity contribution in [2.24, 2.45) is 0 Å². The Bertz CT molecular complexity index is 311. The zero-order valence-corrected chi connectivity index (χ0v) is 12.6. The van der Waals surface area contributed by atoms with Crippen molar-refractivity contribution in [3.63, 3.8) is 0 Å². The van der Waals surface area contributed by atoms with Crippen LogP contribution in [0, 0.1) is 0 Å². The van der Waals surface area contributed by atoms with E-state index in [1.165, 1.54) is 18.0 Å². The largest absolute Gasteiger partial charge is 0.413 e. The molecule has 0 unspecified atom stereocenters. The number of benzene rings is 1. The van der Waals surface area contributed by atoms with Gasteiger partial charge in [-0.15, -0.1) is 0 Å². The van der Waals surface area contributed by atoms with Gasteiger partial charge in [0.1, 0.15) is 0 Å². The van der Waals surface area contributed by atoms with E-state index in [0.29, 0.717) is 0 Å². The summed E-state index contributed by atoms with van der Waals surface area (Å²) in [5, 5.41) is 0. The molecule has 0 amide bonds. The van der Waals surface area contributed by atoms with Crippen LogP contribution in [0.1, 0.15) is 12.0 Å². The molecule has 17 heavy (non-hydrogen) atoms. The Morgan fingerprint density at radius 2 is 1.76 bits per heavy atom. The smallest absolute Gasteiger partial charge is 0.187 e. The van der Waals surface area contributed by atoms with Gasteiger partial charge < -0.3 is 9.33 Å². The highest BCUT2D eigenvalue weighted by molar-refractivity contribution is 6.71. The molecular weight excluding hydrogens is 226 g/mol. The van der Waals surface area contributed by atoms with E-state index in [9.17, 15) is 0 Å². The highest BCUT2D eigenvalue weighted by atomic mass is 28.4. The lowest BCUT2D eigenvalue weighted by atomic mass is 10.2. The molecule has 0 bridgehead atoms. The Labute approximate surface area is 107 Å². The highest BCUT2D eigenvalue weighted by Crippen LogP contribution is 2.16. The van der Waals surface area contributed by atoms with Crippen molar-refractivity contribution in [2.75, 3.05) is 20.6 Å². The van der Waals surface area contributed by atoms with E-state index in [0.717, 1.165) is 13.2 Å². The molecule has 0 heterocycles. The molecule has 1 aromatic rings. The molecule has 0 spiro atoms. The first-order valence-electron chi connectivity index (χ1n) is 6.32. The van der Waals surface area contributed by atoms with Crippen LogP contribution in [0.2, 0.25) is 19.1 Å². The van der Waals surface area contributed by atoms with Gasteiger partial charge in [-0.05, 0) is 51.8 Å². The lowest BCUT2D eigenvalue weighted by Crippen LogP contribution is -2.31. The third kappa shape index (κ3) is 6.61. The number of hydrogen-bond donors (Lipinski definition) is 0. The Kier molecular flexibility index (Phi) is 5.89. The minimum absolute atomic E-state index is 0.766. The van der Waals surface area contributed by atoms with Gasteiger partial charge in [-0.25, -0.2) is 0 Å². The zero-order chi connectivity index (χ0) is 12.7. The summed E-state index contributed by atoms with van der Waals surface area (Å²) < 4.78 is 6.12. The van der Waals surface area contributed by atoms with Crippen molar-refractivity contribution >= 4 is 8.32 Å². The molecular formula is C14H25NOSi. The van der Waals surface area contributed by atoms with Crippen LogP contribution in [-0.2, 0) is 11.0 Å². The molecule has 0 aliphatic rings. The van der Waals surface area contributed by atoms with E-state index < -0.39 is 8.32 Å². The fourth-order valence-electron chi connectivity index (χ4n) is 1.75. The molecule has 96 valence electrons. The molecule has 0 radical (unpaired) electrons. The highest BCUT2D eigenvalue weighted by Gasteiger charge is 2.21. The average Bonchev–Trinajstić information content (AvgIpc) is 2.27. The molecule has 0 saturated carbocycles. The molecule has 0 atom stereocenters. The topological polar surface area (TPSA) is 12.5 Å². The summed E-state index contributed by atoms with van der Waals surface area (Å²) in [6.45, 7) is 6.55. The van der Waals surface area contributed by atoms with Crippen LogP contribution in [0.3, 0.4) is 0 Å². The fraction of sp³-hybridized carbons (Fsp3) is 0.571. The normalized spacial score (nSPS) is 12.1. The van der Waals surface area contributed by atoms with Gasteiger partial charge in [0, 0.05) is 0 Å². The summed E-state index contributed by atoms with van der Waals surface area (Å²) in [5.74, 6) is 0. The SMILES string of the molecule is CN(C)CCC[Si](C)(C)OCc1ccccc1. The molecule has 0 aromatic heterocycles. The molecule has 0 aliphatic carbocycles. The second kappa shape index (κ2) is 6.94. The maximum Gasteiger partial charge on any atom is 0.187 e. The van der Waals surface area contributed by atoms with E-state index in [4.69, 9.17) is 4.43 Å². The number of nitrogens with zero attached hydrogens (tertiary/aromatic N) is 1. The first kappa shape index (κ1) is 14.4. The predicted molar refractivity (Wildman–Crippen MR) is 76.7 cm³/mol. The van der Waals surface area contributed by atoms with E-state index in [-0.39, 0.29) is 0 Å². The van der Waals surface area contributed by atoms with Crippen LogP contribution >= 0.6 is 0 Å². The number of hydrogen-bond acceptors (Lipinski definition) is 2. The van der Waals surface area contributed by atoms with Gasteiger partial charge in [0.25, 0.3) is 0 Å². The fourth-order valence-corrected chi connectivity index (χ4v) is 3.46. The molecule has 0 aliphatic heterocycles. The standard InChI is InChI=1S/C14H25NOSi/c1-15(2)11-8-12-17(3,4)16-13-14-9-6-5-7-10-14/h5-7,9-10H,8,11-13H2,1-4H3. The van der Waals surface area contributed by atoms with Crippen LogP contribution in [0.15, 0.2) is 30.3 Å². The van der Waals surface area contributed by atoms with Crippen molar-refractivity contribution in [3.05, 3.63) is 35.9 Å². The molecule has 2 nitrogen and oxygen atoms in total. The minimum atomic E-state index is -1.48. The van der Waals surface area contributed by atoms with Crippen molar-refractivity contribution in [1.82, 2.24) is 4.90 Å². The first-order chi connectivity index (χ1) is 7.99. The Balaban J connectivity index is 2.29. The minimum Gasteiger partial charge on any atom is -0.413 e. The summed E-state index contributed by atoms with van der Waals surface area (Å²) in [5.41, 5.74) is 1.28. The maximum atomic E-state index is 6.12. The Morgan fingerprint density at radius 3 is 2.35 bits per heavy atom. The van der Waals surface area contributed by atoms with Gasteiger partial charge >= 0.3 is 0 Å². The van der Waals surface area contributed by atoms with Gasteiger partial charge in [0.05, 0.1) is 6.61 Å². The van der Waals surface area contributed by atoms with Gasteiger partial charge in [-0.1, -0.05) is 30.3 Å². The van der Waals surface area contributed by atoms with Gasteiger partial charge in [0.2, 0.25) is 0 Å². The van der Waals surface area contributed by atoms with Crippen LogP contribution < -0.4 is 0 Å². The maximum absolute atomic E-state index is 6.12. The lowest BCUT2D eigenvalue weighted by molar-refractivity contribution is 0.291. The van der Waals surface area contributed by atoms with E-state index in [1.54, 1.807) is 0 Å². The second-order valence-electron chi connectivity index (χ2n) is 5.44. The summed E-state index contributed by atoms with van der Waals surface area (Å²) in [6.07, 6.45) is 1.24. The summed E-state index contributed by atoms with van der Waals surface area (Å²) >= 11 is 0. The van der Waals surface area contributed by atoms with Crippen LogP contribution in [0.25, 0.3) is 0 Å². The lowest BCUT2D eigenvalue weighted by Gasteiger charge is -2.23. The molecule has 0 saturated heterocycles. The van der Waals surface area contributed by atoms with Crippen LogP contribution in [0.5, 0.6) is 0 Å². The van der Waals surface area contributed by atoms with Gasteiger partial charge in [0.15, 0.2) is 8.32 Å². The monoisotopic (exact) mass is 251 g/mol. The van der Waals surface area contributed by atoms with Gasteiger partial charge in [-0.3, -0.25) is 0 Å². The van der Waals surface area contributed by atoms with Crippen LogP contribution in [-0.4, -0.2) is 33.9 Å². The third-order valence-corrected chi connectivity index (χ3v) is 5.34. The average molecular weight is 251 g/mol. The third-order valence-electron chi connectivity index (χ3n) is 2.86. The van der Waals surface area contributed by atoms with Crippen molar-refractivity contribution in [3.8, 4) is 0 Å². The van der Waals surface area contributed by atoms with Crippen molar-refractivity contribution in [2.45, 2.75) is 32.2 Å². The van der Waals surface area contributed by atoms with Crippen molar-refractivity contribution in [1.29, 1.82) is 0 Å². The summed E-state index contributed by atoms with van der Waals surface area (Å²) in [4.78, 5) is 2.24. The zero-order valence-electron chi connectivity index (χ0n) is 11.6.